The molecule has 0 fully saturated rings. The van der Waals surface area contributed by atoms with Gasteiger partial charge in [-0.3, -0.25) is 18.3 Å². The van der Waals surface area contributed by atoms with Gasteiger partial charge in [0.1, 0.15) is 0 Å². The van der Waals surface area contributed by atoms with Crippen LogP contribution in [0.4, 0.5) is 0 Å². The molecule has 3 aromatic rings. The summed E-state index contributed by atoms with van der Waals surface area (Å²) >= 11 is 0. The van der Waals surface area contributed by atoms with Crippen molar-refractivity contribution in [1.82, 2.24) is 23.1 Å². The summed E-state index contributed by atoms with van der Waals surface area (Å²) < 4.78 is 6.58. The molecule has 0 aliphatic carbocycles. The third kappa shape index (κ3) is 1.71. The molecule has 0 bridgehead atoms. The summed E-state index contributed by atoms with van der Waals surface area (Å²) in [5.74, 6) is 0.686. The fraction of sp³-hybridized carbons (Fsp3) is 0.533. The zero-order valence-corrected chi connectivity index (χ0v) is 13.7. The highest BCUT2D eigenvalue weighted by atomic mass is 16.2. The predicted molar refractivity (Wildman–Crippen MR) is 85.6 cm³/mol. The molecule has 3 heterocycles. The Kier molecular flexibility index (Phi) is 3.23. The van der Waals surface area contributed by atoms with Crippen molar-refractivity contribution in [2.45, 2.75) is 40.2 Å². The lowest BCUT2D eigenvalue weighted by molar-refractivity contribution is 0.566. The number of aryl methyl sites for hydroxylation is 3. The molecular weight excluding hydrogens is 282 g/mol. The SMILES string of the molecule is CCCCn1c(=O)c2c(nc3n(C)c(C)c(C)n23)n(C)c1=O. The minimum Gasteiger partial charge on any atom is -0.317 e. The van der Waals surface area contributed by atoms with E-state index in [2.05, 4.69) is 4.98 Å². The molecule has 0 radical (unpaired) electrons. The molecule has 0 spiro atoms. The molecule has 7 heteroatoms. The van der Waals surface area contributed by atoms with Gasteiger partial charge >= 0.3 is 5.69 Å². The quantitative estimate of drug-likeness (QED) is 0.728. The Morgan fingerprint density at radius 1 is 1.05 bits per heavy atom. The van der Waals surface area contributed by atoms with Crippen molar-refractivity contribution in [2.24, 2.45) is 14.1 Å². The van der Waals surface area contributed by atoms with Crippen molar-refractivity contribution in [2.75, 3.05) is 0 Å². The number of imidazole rings is 2. The highest BCUT2D eigenvalue weighted by Gasteiger charge is 2.21. The predicted octanol–water partition coefficient (Wildman–Crippen LogP) is 1.10. The standard InChI is InChI=1S/C15H21N5O2/c1-6-7-8-19-13(21)11-12(18(5)15(19)22)16-14-17(4)9(2)10(3)20(11)14/h6-8H2,1-5H3. The zero-order valence-electron chi connectivity index (χ0n) is 13.7. The number of unbranched alkanes of at least 4 members (excludes halogenated alkanes) is 1. The maximum atomic E-state index is 12.8. The number of aromatic nitrogens is 5. The second kappa shape index (κ2) is 4.86. The molecule has 0 amide bonds. The van der Waals surface area contributed by atoms with Crippen molar-refractivity contribution in [3.8, 4) is 0 Å². The van der Waals surface area contributed by atoms with Gasteiger partial charge in [-0.25, -0.2) is 4.79 Å². The van der Waals surface area contributed by atoms with Crippen LogP contribution >= 0.6 is 0 Å². The van der Waals surface area contributed by atoms with Gasteiger partial charge in [0.05, 0.1) is 0 Å². The van der Waals surface area contributed by atoms with Crippen LogP contribution in [0.3, 0.4) is 0 Å². The van der Waals surface area contributed by atoms with Gasteiger partial charge in [0.2, 0.25) is 5.78 Å². The highest BCUT2D eigenvalue weighted by molar-refractivity contribution is 5.76. The molecule has 0 N–H and O–H groups in total. The van der Waals surface area contributed by atoms with Crippen LogP contribution in [0.5, 0.6) is 0 Å². The van der Waals surface area contributed by atoms with Crippen LogP contribution in [0.2, 0.25) is 0 Å². The summed E-state index contributed by atoms with van der Waals surface area (Å²) in [5, 5.41) is 0. The van der Waals surface area contributed by atoms with E-state index in [1.165, 1.54) is 9.13 Å². The smallest absolute Gasteiger partial charge is 0.317 e. The van der Waals surface area contributed by atoms with E-state index in [-0.39, 0.29) is 11.2 Å². The molecule has 22 heavy (non-hydrogen) atoms. The van der Waals surface area contributed by atoms with Crippen LogP contribution in [-0.2, 0) is 20.6 Å². The van der Waals surface area contributed by atoms with Crippen LogP contribution in [0, 0.1) is 13.8 Å². The van der Waals surface area contributed by atoms with Gasteiger partial charge in [0, 0.05) is 32.0 Å². The lowest BCUT2D eigenvalue weighted by Gasteiger charge is -2.07. The number of hydrogen-bond donors (Lipinski definition) is 0. The van der Waals surface area contributed by atoms with Gasteiger partial charge in [-0.2, -0.15) is 4.98 Å². The average molecular weight is 303 g/mol. The second-order valence-electron chi connectivity index (χ2n) is 5.80. The van der Waals surface area contributed by atoms with E-state index in [4.69, 9.17) is 0 Å². The average Bonchev–Trinajstić information content (AvgIpc) is 2.99. The van der Waals surface area contributed by atoms with Crippen LogP contribution in [0.25, 0.3) is 16.9 Å². The second-order valence-corrected chi connectivity index (χ2v) is 5.80. The molecule has 0 saturated heterocycles. The molecule has 0 aliphatic heterocycles. The molecule has 118 valence electrons. The minimum absolute atomic E-state index is 0.257. The summed E-state index contributed by atoms with van der Waals surface area (Å²) in [6.07, 6.45) is 1.73. The first-order chi connectivity index (χ1) is 10.4. The van der Waals surface area contributed by atoms with Gasteiger partial charge in [0.15, 0.2) is 11.2 Å². The Balaban J connectivity index is 2.53. The first-order valence-corrected chi connectivity index (χ1v) is 7.54. The highest BCUT2D eigenvalue weighted by Crippen LogP contribution is 2.19. The fourth-order valence-electron chi connectivity index (χ4n) is 2.92. The first kappa shape index (κ1) is 14.6. The molecule has 7 nitrogen and oxygen atoms in total. The van der Waals surface area contributed by atoms with E-state index >= 15 is 0 Å². The van der Waals surface area contributed by atoms with Crippen molar-refractivity contribution >= 4 is 16.9 Å². The lowest BCUT2D eigenvalue weighted by atomic mass is 10.3. The molecular formula is C15H21N5O2. The van der Waals surface area contributed by atoms with Gasteiger partial charge in [-0.05, 0) is 20.3 Å². The summed E-state index contributed by atoms with van der Waals surface area (Å²) in [7, 11) is 3.58. The van der Waals surface area contributed by atoms with Gasteiger partial charge < -0.3 is 4.57 Å². The zero-order chi connectivity index (χ0) is 16.2. The van der Waals surface area contributed by atoms with E-state index in [1.807, 2.05) is 36.8 Å². The lowest BCUT2D eigenvalue weighted by Crippen LogP contribution is -2.39. The number of nitrogens with zero attached hydrogens (tertiary/aromatic N) is 5. The number of fused-ring (bicyclic) bond motifs is 3. The van der Waals surface area contributed by atoms with Crippen molar-refractivity contribution in [3.63, 3.8) is 0 Å². The number of rotatable bonds is 3. The van der Waals surface area contributed by atoms with E-state index in [1.54, 1.807) is 7.05 Å². The Hall–Kier alpha value is -2.31. The van der Waals surface area contributed by atoms with Gasteiger partial charge in [-0.1, -0.05) is 13.3 Å². The van der Waals surface area contributed by atoms with Crippen molar-refractivity contribution < 1.29 is 0 Å². The molecule has 0 atom stereocenters. The van der Waals surface area contributed by atoms with Crippen LogP contribution in [0.15, 0.2) is 9.59 Å². The van der Waals surface area contributed by atoms with Gasteiger partial charge in [-0.15, -0.1) is 0 Å². The maximum Gasteiger partial charge on any atom is 0.332 e. The number of hydrogen-bond acceptors (Lipinski definition) is 3. The summed E-state index contributed by atoms with van der Waals surface area (Å²) in [5.41, 5.74) is 2.39. The largest absolute Gasteiger partial charge is 0.332 e. The first-order valence-electron chi connectivity index (χ1n) is 7.54. The molecule has 3 aromatic heterocycles. The molecule has 0 aliphatic rings. The Morgan fingerprint density at radius 3 is 2.36 bits per heavy atom. The molecule has 0 unspecified atom stereocenters. The van der Waals surface area contributed by atoms with E-state index in [0.717, 1.165) is 24.2 Å². The summed E-state index contributed by atoms with van der Waals surface area (Å²) in [4.78, 5) is 29.8. The molecule has 0 saturated carbocycles. The topological polar surface area (TPSA) is 66.2 Å². The third-order valence-corrected chi connectivity index (χ3v) is 4.52. The van der Waals surface area contributed by atoms with Crippen LogP contribution in [-0.4, -0.2) is 23.1 Å². The summed E-state index contributed by atoms with van der Waals surface area (Å²) in [6, 6.07) is 0. The normalized spacial score (nSPS) is 11.9. The minimum atomic E-state index is -0.302. The molecule has 3 rings (SSSR count). The maximum absolute atomic E-state index is 12.8. The fourth-order valence-corrected chi connectivity index (χ4v) is 2.92. The van der Waals surface area contributed by atoms with Crippen molar-refractivity contribution in [3.05, 3.63) is 32.2 Å². The Bertz CT molecular complexity index is 999. The van der Waals surface area contributed by atoms with Crippen molar-refractivity contribution in [1.29, 1.82) is 0 Å². The summed E-state index contributed by atoms with van der Waals surface area (Å²) in [6.45, 7) is 6.43. The van der Waals surface area contributed by atoms with Crippen LogP contribution in [0.1, 0.15) is 31.2 Å². The monoisotopic (exact) mass is 303 g/mol. The van der Waals surface area contributed by atoms with E-state index in [9.17, 15) is 9.59 Å². The van der Waals surface area contributed by atoms with Gasteiger partial charge in [0.25, 0.3) is 5.56 Å². The Morgan fingerprint density at radius 2 is 1.73 bits per heavy atom. The van der Waals surface area contributed by atoms with E-state index < -0.39 is 0 Å². The third-order valence-electron chi connectivity index (χ3n) is 4.52. The van der Waals surface area contributed by atoms with Crippen LogP contribution < -0.4 is 11.2 Å². The Labute approximate surface area is 127 Å². The molecule has 0 aromatic carbocycles. The van der Waals surface area contributed by atoms with E-state index in [0.29, 0.717) is 23.5 Å².